The minimum atomic E-state index is -3.06. The number of carbonyl (C=O) groups is 1. The van der Waals surface area contributed by atoms with Crippen LogP contribution in [0.5, 0.6) is 0 Å². The fourth-order valence-corrected chi connectivity index (χ4v) is 4.63. The van der Waals surface area contributed by atoms with Gasteiger partial charge in [0.2, 0.25) is 10.0 Å². The van der Waals surface area contributed by atoms with E-state index in [1.54, 1.807) is 4.31 Å². The lowest BCUT2D eigenvalue weighted by atomic mass is 9.90. The Labute approximate surface area is 156 Å². The predicted molar refractivity (Wildman–Crippen MR) is 103 cm³/mol. The van der Waals surface area contributed by atoms with Gasteiger partial charge in [0.1, 0.15) is 0 Å². The summed E-state index contributed by atoms with van der Waals surface area (Å²) in [6, 6.07) is 7.96. The maximum absolute atomic E-state index is 12.6. The summed E-state index contributed by atoms with van der Waals surface area (Å²) >= 11 is 0. The molecule has 3 rings (SSSR count). The number of sulfonamides is 1. The third-order valence-corrected chi connectivity index (χ3v) is 6.86. The molecule has 144 valence electrons. The molecular formula is C19H29N3O3S. The van der Waals surface area contributed by atoms with Crippen LogP contribution in [0.25, 0.3) is 0 Å². The molecule has 2 aliphatic rings. The van der Waals surface area contributed by atoms with Gasteiger partial charge in [-0.15, -0.1) is 0 Å². The van der Waals surface area contributed by atoms with Crippen molar-refractivity contribution in [2.24, 2.45) is 5.92 Å². The van der Waals surface area contributed by atoms with Crippen molar-refractivity contribution in [2.75, 3.05) is 52.6 Å². The molecule has 0 spiro atoms. The van der Waals surface area contributed by atoms with Crippen LogP contribution in [0.3, 0.4) is 0 Å². The Bertz CT molecular complexity index is 717. The van der Waals surface area contributed by atoms with Crippen molar-refractivity contribution in [1.82, 2.24) is 14.1 Å². The molecule has 2 saturated heterocycles. The van der Waals surface area contributed by atoms with Crippen LogP contribution in [0.2, 0.25) is 0 Å². The van der Waals surface area contributed by atoms with Crippen LogP contribution in [0.1, 0.15) is 28.8 Å². The summed E-state index contributed by atoms with van der Waals surface area (Å²) < 4.78 is 24.7. The zero-order chi connectivity index (χ0) is 18.7. The molecule has 0 bridgehead atoms. The second-order valence-electron chi connectivity index (χ2n) is 7.60. The van der Waals surface area contributed by atoms with Crippen molar-refractivity contribution >= 4 is 15.9 Å². The molecule has 0 aliphatic carbocycles. The van der Waals surface area contributed by atoms with Crippen molar-refractivity contribution in [3.63, 3.8) is 0 Å². The van der Waals surface area contributed by atoms with Crippen LogP contribution < -0.4 is 0 Å². The van der Waals surface area contributed by atoms with Crippen molar-refractivity contribution in [1.29, 1.82) is 0 Å². The van der Waals surface area contributed by atoms with E-state index in [1.807, 2.05) is 29.2 Å². The second kappa shape index (κ2) is 8.06. The summed E-state index contributed by atoms with van der Waals surface area (Å²) in [5.74, 6) is 0.623. The Morgan fingerprint density at radius 2 is 1.58 bits per heavy atom. The molecule has 0 atom stereocenters. The number of benzene rings is 1. The van der Waals surface area contributed by atoms with Crippen LogP contribution in [0.4, 0.5) is 0 Å². The van der Waals surface area contributed by atoms with E-state index in [-0.39, 0.29) is 5.91 Å². The highest BCUT2D eigenvalue weighted by Crippen LogP contribution is 2.23. The number of hydrogen-bond donors (Lipinski definition) is 0. The molecule has 0 unspecified atom stereocenters. The Morgan fingerprint density at radius 1 is 1.00 bits per heavy atom. The summed E-state index contributed by atoms with van der Waals surface area (Å²) in [5, 5.41) is 0. The lowest BCUT2D eigenvalue weighted by Gasteiger charge is -2.32. The molecule has 1 aromatic rings. The third-order valence-electron chi connectivity index (χ3n) is 5.56. The molecule has 7 heteroatoms. The quantitative estimate of drug-likeness (QED) is 0.791. The summed E-state index contributed by atoms with van der Waals surface area (Å²) in [4.78, 5) is 16.7. The van der Waals surface area contributed by atoms with Gasteiger partial charge in [-0.25, -0.2) is 12.7 Å². The second-order valence-corrected chi connectivity index (χ2v) is 9.58. The maximum atomic E-state index is 12.6. The van der Waals surface area contributed by atoms with Crippen LogP contribution >= 0.6 is 0 Å². The normalized spacial score (nSPS) is 21.1. The number of nitrogens with zero attached hydrogens (tertiary/aromatic N) is 3. The zero-order valence-electron chi connectivity index (χ0n) is 15.7. The fourth-order valence-electron chi connectivity index (χ4n) is 3.75. The molecule has 2 aliphatic heterocycles. The van der Waals surface area contributed by atoms with Gasteiger partial charge in [0, 0.05) is 44.8 Å². The van der Waals surface area contributed by atoms with E-state index in [1.165, 1.54) is 11.8 Å². The Hall–Kier alpha value is -1.44. The molecule has 0 radical (unpaired) electrons. The standard InChI is InChI=1S/C19H29N3O3S/c1-20-11-13-21(14-12-20)19(23)18-5-3-16(4-6-18)15-17-7-9-22(10-8-17)26(2,24)25/h3-6,17H,7-15H2,1-2H3. The van der Waals surface area contributed by atoms with Gasteiger partial charge in [-0.05, 0) is 49.9 Å². The molecular weight excluding hydrogens is 350 g/mol. The summed E-state index contributed by atoms with van der Waals surface area (Å²) in [6.07, 6.45) is 4.02. The number of rotatable bonds is 4. The first-order valence-electron chi connectivity index (χ1n) is 9.35. The number of piperidine rings is 1. The van der Waals surface area contributed by atoms with Gasteiger partial charge in [0.25, 0.3) is 5.91 Å². The minimum Gasteiger partial charge on any atom is -0.336 e. The largest absolute Gasteiger partial charge is 0.336 e. The molecule has 6 nitrogen and oxygen atoms in total. The highest BCUT2D eigenvalue weighted by atomic mass is 32.2. The number of piperazine rings is 1. The molecule has 1 amide bonds. The van der Waals surface area contributed by atoms with Crippen molar-refractivity contribution in [3.8, 4) is 0 Å². The van der Waals surface area contributed by atoms with Gasteiger partial charge in [0.15, 0.2) is 0 Å². The summed E-state index contributed by atoms with van der Waals surface area (Å²) in [7, 11) is -0.983. The predicted octanol–water partition coefficient (Wildman–Crippen LogP) is 1.29. The van der Waals surface area contributed by atoms with E-state index in [2.05, 4.69) is 11.9 Å². The highest BCUT2D eigenvalue weighted by Gasteiger charge is 2.25. The smallest absolute Gasteiger partial charge is 0.253 e. The Kier molecular flexibility index (Phi) is 5.99. The van der Waals surface area contributed by atoms with Gasteiger partial charge in [-0.2, -0.15) is 0 Å². The Morgan fingerprint density at radius 3 is 2.12 bits per heavy atom. The first-order valence-corrected chi connectivity index (χ1v) is 11.2. The van der Waals surface area contributed by atoms with E-state index in [0.29, 0.717) is 19.0 Å². The fraction of sp³-hybridized carbons (Fsp3) is 0.632. The number of likely N-dealkylation sites (N-methyl/N-ethyl adjacent to an activating group) is 1. The van der Waals surface area contributed by atoms with Gasteiger partial charge >= 0.3 is 0 Å². The number of carbonyl (C=O) groups excluding carboxylic acids is 1. The lowest BCUT2D eigenvalue weighted by molar-refractivity contribution is 0.0664. The van der Waals surface area contributed by atoms with E-state index in [0.717, 1.165) is 51.0 Å². The highest BCUT2D eigenvalue weighted by molar-refractivity contribution is 7.88. The van der Waals surface area contributed by atoms with Crippen molar-refractivity contribution in [3.05, 3.63) is 35.4 Å². The van der Waals surface area contributed by atoms with Gasteiger partial charge in [-0.3, -0.25) is 4.79 Å². The average molecular weight is 380 g/mol. The van der Waals surface area contributed by atoms with Crippen molar-refractivity contribution < 1.29 is 13.2 Å². The summed E-state index contributed by atoms with van der Waals surface area (Å²) in [5.41, 5.74) is 1.97. The van der Waals surface area contributed by atoms with E-state index < -0.39 is 10.0 Å². The van der Waals surface area contributed by atoms with Crippen molar-refractivity contribution in [2.45, 2.75) is 19.3 Å². The first kappa shape index (κ1) is 19.3. The number of amides is 1. The summed E-state index contributed by atoms with van der Waals surface area (Å²) in [6.45, 7) is 4.66. The van der Waals surface area contributed by atoms with Crippen LogP contribution in [-0.2, 0) is 16.4 Å². The molecule has 1 aromatic carbocycles. The SMILES string of the molecule is CN1CCN(C(=O)c2ccc(CC3CCN(S(C)(=O)=O)CC3)cc2)CC1. The minimum absolute atomic E-state index is 0.117. The first-order chi connectivity index (χ1) is 12.3. The van der Waals surface area contributed by atoms with Gasteiger partial charge < -0.3 is 9.80 Å². The van der Waals surface area contributed by atoms with E-state index >= 15 is 0 Å². The molecule has 26 heavy (non-hydrogen) atoms. The van der Waals surface area contributed by atoms with Crippen LogP contribution in [0.15, 0.2) is 24.3 Å². The van der Waals surface area contributed by atoms with Crippen LogP contribution in [-0.4, -0.2) is 81.0 Å². The van der Waals surface area contributed by atoms with Gasteiger partial charge in [-0.1, -0.05) is 12.1 Å². The van der Waals surface area contributed by atoms with Gasteiger partial charge in [0.05, 0.1) is 6.26 Å². The Balaban J connectivity index is 1.53. The lowest BCUT2D eigenvalue weighted by Crippen LogP contribution is -2.47. The molecule has 2 fully saturated rings. The molecule has 0 aromatic heterocycles. The average Bonchev–Trinajstić information content (AvgIpc) is 2.62. The molecule has 0 saturated carbocycles. The molecule has 0 N–H and O–H groups in total. The van der Waals surface area contributed by atoms with Crippen LogP contribution in [0, 0.1) is 5.92 Å². The monoisotopic (exact) mass is 379 g/mol. The topological polar surface area (TPSA) is 60.9 Å². The molecule has 2 heterocycles. The van der Waals surface area contributed by atoms with E-state index in [9.17, 15) is 13.2 Å². The van der Waals surface area contributed by atoms with E-state index in [4.69, 9.17) is 0 Å². The third kappa shape index (κ3) is 4.84. The maximum Gasteiger partial charge on any atom is 0.253 e. The number of hydrogen-bond acceptors (Lipinski definition) is 4. The zero-order valence-corrected chi connectivity index (χ0v) is 16.5.